The summed E-state index contributed by atoms with van der Waals surface area (Å²) in [6, 6.07) is 0.357. The van der Waals surface area contributed by atoms with E-state index in [2.05, 4.69) is 23.9 Å². The predicted octanol–water partition coefficient (Wildman–Crippen LogP) is 1.81. The van der Waals surface area contributed by atoms with Crippen LogP contribution in [0.15, 0.2) is 0 Å². The van der Waals surface area contributed by atoms with Crippen molar-refractivity contribution in [3.05, 3.63) is 0 Å². The normalized spacial score (nSPS) is 10.9. The molecule has 0 aliphatic heterocycles. The number of nitrogens with one attached hydrogen (secondary N) is 1. The summed E-state index contributed by atoms with van der Waals surface area (Å²) >= 11 is 0. The Morgan fingerprint density at radius 1 is 1.20 bits per heavy atom. The van der Waals surface area contributed by atoms with E-state index in [0.29, 0.717) is 31.5 Å². The predicted molar refractivity (Wildman–Crippen MR) is 80.4 cm³/mol. The lowest BCUT2D eigenvalue weighted by Gasteiger charge is -2.26. The van der Waals surface area contributed by atoms with Crippen LogP contribution >= 0.6 is 0 Å². The van der Waals surface area contributed by atoms with Gasteiger partial charge in [0, 0.05) is 25.6 Å². The lowest BCUT2D eigenvalue weighted by Crippen LogP contribution is -2.41. The van der Waals surface area contributed by atoms with Gasteiger partial charge >= 0.3 is 5.97 Å². The maximum absolute atomic E-state index is 12.2. The SMILES string of the molecule is CCC(CC)CN(CC(=O)OC)C(=O)CCNC(C)C. The van der Waals surface area contributed by atoms with Gasteiger partial charge in [-0.3, -0.25) is 9.59 Å². The molecule has 0 fully saturated rings. The molecule has 0 heterocycles. The number of nitrogens with zero attached hydrogens (tertiary/aromatic N) is 1. The van der Waals surface area contributed by atoms with Gasteiger partial charge in [0.1, 0.15) is 6.54 Å². The van der Waals surface area contributed by atoms with Gasteiger partial charge in [0.25, 0.3) is 0 Å². The van der Waals surface area contributed by atoms with Crippen LogP contribution in [0, 0.1) is 5.92 Å². The zero-order valence-corrected chi connectivity index (χ0v) is 13.6. The summed E-state index contributed by atoms with van der Waals surface area (Å²) in [5.41, 5.74) is 0. The highest BCUT2D eigenvalue weighted by molar-refractivity contribution is 5.82. The lowest BCUT2D eigenvalue weighted by molar-refractivity contribution is -0.147. The van der Waals surface area contributed by atoms with E-state index in [-0.39, 0.29) is 18.4 Å². The standard InChI is InChI=1S/C15H30N2O3/c1-6-13(7-2)10-17(11-15(19)20-5)14(18)8-9-16-12(3)4/h12-13,16H,6-11H2,1-5H3. The number of ether oxygens (including phenoxy) is 1. The van der Waals surface area contributed by atoms with Gasteiger partial charge in [0.05, 0.1) is 7.11 Å². The molecule has 0 rings (SSSR count). The molecule has 0 spiro atoms. The monoisotopic (exact) mass is 286 g/mol. The third-order valence-electron chi connectivity index (χ3n) is 3.43. The van der Waals surface area contributed by atoms with Crippen molar-refractivity contribution in [1.29, 1.82) is 0 Å². The lowest BCUT2D eigenvalue weighted by atomic mass is 10.0. The average Bonchev–Trinajstić information content (AvgIpc) is 2.42. The minimum Gasteiger partial charge on any atom is -0.468 e. The van der Waals surface area contributed by atoms with Gasteiger partial charge in [-0.05, 0) is 5.92 Å². The minimum absolute atomic E-state index is 0.00968. The van der Waals surface area contributed by atoms with Crippen LogP contribution in [-0.2, 0) is 14.3 Å². The highest BCUT2D eigenvalue weighted by Gasteiger charge is 2.20. The Hall–Kier alpha value is -1.10. The topological polar surface area (TPSA) is 58.6 Å². The van der Waals surface area contributed by atoms with Crippen molar-refractivity contribution in [3.63, 3.8) is 0 Å². The number of amides is 1. The Balaban J connectivity index is 4.48. The molecular weight excluding hydrogens is 256 g/mol. The maximum Gasteiger partial charge on any atom is 0.325 e. The Kier molecular flexibility index (Phi) is 10.1. The quantitative estimate of drug-likeness (QED) is 0.622. The second-order valence-electron chi connectivity index (χ2n) is 5.39. The molecule has 0 bridgehead atoms. The fourth-order valence-electron chi connectivity index (χ4n) is 1.96. The molecule has 1 amide bonds. The molecule has 1 N–H and O–H groups in total. The molecule has 0 aromatic carbocycles. The van der Waals surface area contributed by atoms with Gasteiger partial charge in [-0.2, -0.15) is 0 Å². The summed E-state index contributed by atoms with van der Waals surface area (Å²) in [6.07, 6.45) is 2.42. The third kappa shape index (κ3) is 8.15. The van der Waals surface area contributed by atoms with Crippen LogP contribution < -0.4 is 5.32 Å². The molecule has 20 heavy (non-hydrogen) atoms. The number of carbonyl (C=O) groups excluding carboxylic acids is 2. The van der Waals surface area contributed by atoms with Gasteiger partial charge in [-0.15, -0.1) is 0 Å². The van der Waals surface area contributed by atoms with E-state index in [9.17, 15) is 9.59 Å². The summed E-state index contributed by atoms with van der Waals surface area (Å²) in [6.45, 7) is 9.61. The van der Waals surface area contributed by atoms with Crippen molar-refractivity contribution < 1.29 is 14.3 Å². The summed E-state index contributed by atoms with van der Waals surface area (Å²) in [7, 11) is 1.35. The van der Waals surface area contributed by atoms with Crippen molar-refractivity contribution in [2.24, 2.45) is 5.92 Å². The number of esters is 1. The fraction of sp³-hybridized carbons (Fsp3) is 0.867. The van der Waals surface area contributed by atoms with Crippen molar-refractivity contribution in [2.45, 2.75) is 53.0 Å². The number of methoxy groups -OCH3 is 1. The van der Waals surface area contributed by atoms with Crippen LogP contribution in [0.4, 0.5) is 0 Å². The summed E-state index contributed by atoms with van der Waals surface area (Å²) < 4.78 is 4.67. The van der Waals surface area contributed by atoms with Crippen LogP contribution in [0.2, 0.25) is 0 Å². The van der Waals surface area contributed by atoms with E-state index in [4.69, 9.17) is 0 Å². The molecular formula is C15H30N2O3. The molecule has 0 saturated carbocycles. The first kappa shape index (κ1) is 18.9. The van der Waals surface area contributed by atoms with Crippen molar-refractivity contribution >= 4 is 11.9 Å². The zero-order chi connectivity index (χ0) is 15.5. The van der Waals surface area contributed by atoms with Crippen molar-refractivity contribution in [2.75, 3.05) is 26.7 Å². The highest BCUT2D eigenvalue weighted by Crippen LogP contribution is 2.11. The molecule has 0 unspecified atom stereocenters. The van der Waals surface area contributed by atoms with Gasteiger partial charge in [0.15, 0.2) is 0 Å². The largest absolute Gasteiger partial charge is 0.468 e. The number of rotatable bonds is 10. The van der Waals surface area contributed by atoms with Gasteiger partial charge < -0.3 is 15.0 Å². The van der Waals surface area contributed by atoms with Crippen LogP contribution in [0.1, 0.15) is 47.0 Å². The first-order chi connectivity index (χ1) is 9.44. The van der Waals surface area contributed by atoms with E-state index in [1.54, 1.807) is 4.90 Å². The second-order valence-corrected chi connectivity index (χ2v) is 5.39. The van der Waals surface area contributed by atoms with Crippen LogP contribution in [0.3, 0.4) is 0 Å². The summed E-state index contributed by atoms with van der Waals surface area (Å²) in [4.78, 5) is 25.3. The molecule has 5 nitrogen and oxygen atoms in total. The van der Waals surface area contributed by atoms with Gasteiger partial charge in [-0.1, -0.05) is 40.5 Å². The fourth-order valence-corrected chi connectivity index (χ4v) is 1.96. The molecule has 0 aromatic heterocycles. The molecule has 0 aliphatic carbocycles. The molecule has 0 aromatic rings. The van der Waals surface area contributed by atoms with Gasteiger partial charge in [0.2, 0.25) is 5.91 Å². The third-order valence-corrected chi connectivity index (χ3v) is 3.43. The number of hydrogen-bond donors (Lipinski definition) is 1. The Labute approximate surface area is 123 Å². The van der Waals surface area contributed by atoms with E-state index in [1.807, 2.05) is 13.8 Å². The Bertz CT molecular complexity index is 289. The van der Waals surface area contributed by atoms with E-state index >= 15 is 0 Å². The second kappa shape index (κ2) is 10.7. The molecule has 5 heteroatoms. The van der Waals surface area contributed by atoms with Crippen LogP contribution in [0.5, 0.6) is 0 Å². The number of hydrogen-bond acceptors (Lipinski definition) is 4. The Morgan fingerprint density at radius 2 is 1.80 bits per heavy atom. The molecule has 0 aliphatic rings. The van der Waals surface area contributed by atoms with Crippen molar-refractivity contribution in [1.82, 2.24) is 10.2 Å². The maximum atomic E-state index is 12.2. The van der Waals surface area contributed by atoms with Crippen LogP contribution in [0.25, 0.3) is 0 Å². The molecule has 0 saturated heterocycles. The average molecular weight is 286 g/mol. The zero-order valence-electron chi connectivity index (χ0n) is 13.6. The minimum atomic E-state index is -0.360. The van der Waals surface area contributed by atoms with E-state index in [1.165, 1.54) is 7.11 Å². The van der Waals surface area contributed by atoms with Crippen LogP contribution in [-0.4, -0.2) is 49.6 Å². The Morgan fingerprint density at radius 3 is 2.25 bits per heavy atom. The number of carbonyl (C=O) groups is 2. The highest BCUT2D eigenvalue weighted by atomic mass is 16.5. The van der Waals surface area contributed by atoms with Crippen molar-refractivity contribution in [3.8, 4) is 0 Å². The summed E-state index contributed by atoms with van der Waals surface area (Å²) in [5.74, 6) is 0.0817. The molecule has 118 valence electrons. The first-order valence-corrected chi connectivity index (χ1v) is 7.52. The van der Waals surface area contributed by atoms with Gasteiger partial charge in [-0.25, -0.2) is 0 Å². The van der Waals surface area contributed by atoms with E-state index in [0.717, 1.165) is 12.8 Å². The molecule has 0 atom stereocenters. The first-order valence-electron chi connectivity index (χ1n) is 7.52. The smallest absolute Gasteiger partial charge is 0.325 e. The van der Waals surface area contributed by atoms with E-state index < -0.39 is 0 Å². The summed E-state index contributed by atoms with van der Waals surface area (Å²) in [5, 5.41) is 3.22. The molecule has 0 radical (unpaired) electrons.